The predicted octanol–water partition coefficient (Wildman–Crippen LogP) is 6.51. The van der Waals surface area contributed by atoms with Crippen molar-refractivity contribution in [1.82, 2.24) is 0 Å². The van der Waals surface area contributed by atoms with Crippen molar-refractivity contribution in [2.75, 3.05) is 0 Å². The highest BCUT2D eigenvalue weighted by atomic mass is 16.5. The molecule has 0 amide bonds. The standard InChI is InChI=1S/C34H20O6/c35-31(21-7-3-1-4-8-21)38-25-12-14-27-23(19-25)11-16-29-30(27)34(33(37)40-29)18-17-24-20-26(13-15-28(24)34)39-32(36)22-9-5-2-6-10-22/h1-20H. The first kappa shape index (κ1) is 23.6. The van der Waals surface area contributed by atoms with Gasteiger partial charge in [0.1, 0.15) is 22.7 Å². The van der Waals surface area contributed by atoms with Gasteiger partial charge in [-0.1, -0.05) is 66.7 Å². The Morgan fingerprint density at radius 3 is 1.98 bits per heavy atom. The summed E-state index contributed by atoms with van der Waals surface area (Å²) in [5, 5.41) is 1.60. The molecule has 7 rings (SSSR count). The second-order valence-corrected chi connectivity index (χ2v) is 9.61. The zero-order valence-corrected chi connectivity index (χ0v) is 21.0. The van der Waals surface area contributed by atoms with E-state index < -0.39 is 23.3 Å². The molecule has 1 unspecified atom stereocenters. The molecule has 1 spiro atoms. The van der Waals surface area contributed by atoms with Gasteiger partial charge in [0.15, 0.2) is 0 Å². The maximum atomic E-state index is 13.5. The molecule has 2 aliphatic rings. The average Bonchev–Trinajstić information content (AvgIpc) is 3.51. The minimum absolute atomic E-state index is 0.378. The summed E-state index contributed by atoms with van der Waals surface area (Å²) in [7, 11) is 0. The number of carbonyl (C=O) groups excluding carboxylic acids is 3. The molecule has 6 heteroatoms. The fourth-order valence-corrected chi connectivity index (χ4v) is 5.41. The summed E-state index contributed by atoms with van der Waals surface area (Å²) in [6, 6.07) is 31.7. The lowest BCUT2D eigenvalue weighted by molar-refractivity contribution is -0.135. The van der Waals surface area contributed by atoms with Crippen LogP contribution < -0.4 is 14.2 Å². The molecule has 0 fully saturated rings. The first-order chi connectivity index (χ1) is 19.5. The number of esters is 3. The van der Waals surface area contributed by atoms with Crippen molar-refractivity contribution in [2.45, 2.75) is 5.41 Å². The highest BCUT2D eigenvalue weighted by molar-refractivity contribution is 6.07. The Hall–Kier alpha value is -5.49. The van der Waals surface area contributed by atoms with Crippen LogP contribution >= 0.6 is 0 Å². The van der Waals surface area contributed by atoms with Crippen molar-refractivity contribution >= 4 is 34.8 Å². The number of benzene rings is 5. The topological polar surface area (TPSA) is 78.9 Å². The normalized spacial score (nSPS) is 16.4. The third-order valence-corrected chi connectivity index (χ3v) is 7.27. The van der Waals surface area contributed by atoms with Gasteiger partial charge in [0.25, 0.3) is 0 Å². The van der Waals surface area contributed by atoms with E-state index in [2.05, 4.69) is 0 Å². The third-order valence-electron chi connectivity index (χ3n) is 7.27. The van der Waals surface area contributed by atoms with Crippen LogP contribution in [-0.2, 0) is 10.2 Å². The van der Waals surface area contributed by atoms with Gasteiger partial charge in [-0.3, -0.25) is 0 Å². The number of hydrogen-bond acceptors (Lipinski definition) is 6. The van der Waals surface area contributed by atoms with Crippen LogP contribution in [0.25, 0.3) is 16.8 Å². The molecule has 5 aromatic carbocycles. The van der Waals surface area contributed by atoms with E-state index >= 15 is 0 Å². The van der Waals surface area contributed by atoms with Crippen molar-refractivity contribution in [3.8, 4) is 17.2 Å². The summed E-state index contributed by atoms with van der Waals surface area (Å²) < 4.78 is 17.0. The largest absolute Gasteiger partial charge is 0.425 e. The first-order valence-electron chi connectivity index (χ1n) is 12.7. The summed E-state index contributed by atoms with van der Waals surface area (Å²) in [6.45, 7) is 0. The molecule has 0 radical (unpaired) electrons. The highest BCUT2D eigenvalue weighted by Gasteiger charge is 2.52. The number of hydrogen-bond donors (Lipinski definition) is 0. The van der Waals surface area contributed by atoms with Crippen LogP contribution in [0.15, 0.2) is 115 Å². The van der Waals surface area contributed by atoms with E-state index in [9.17, 15) is 14.4 Å². The molecule has 40 heavy (non-hydrogen) atoms. The number of ether oxygens (including phenoxy) is 3. The van der Waals surface area contributed by atoms with Crippen LogP contribution in [0.5, 0.6) is 17.2 Å². The Balaban J connectivity index is 1.24. The van der Waals surface area contributed by atoms with Crippen LogP contribution in [0.4, 0.5) is 0 Å². The number of carbonyl (C=O) groups is 3. The van der Waals surface area contributed by atoms with Gasteiger partial charge in [0.05, 0.1) is 11.1 Å². The van der Waals surface area contributed by atoms with E-state index in [1.54, 1.807) is 84.9 Å². The lowest BCUT2D eigenvalue weighted by Crippen LogP contribution is -2.31. The van der Waals surface area contributed by atoms with Gasteiger partial charge in [0.2, 0.25) is 0 Å². The molecule has 0 N–H and O–H groups in total. The third kappa shape index (κ3) is 3.69. The van der Waals surface area contributed by atoms with E-state index in [1.165, 1.54) is 0 Å². The Morgan fingerprint density at radius 2 is 1.30 bits per heavy atom. The Bertz CT molecular complexity index is 1870. The van der Waals surface area contributed by atoms with Crippen molar-refractivity contribution < 1.29 is 28.6 Å². The zero-order valence-electron chi connectivity index (χ0n) is 21.0. The molecule has 1 aliphatic heterocycles. The Labute approximate surface area is 229 Å². The van der Waals surface area contributed by atoms with E-state index in [0.29, 0.717) is 28.4 Å². The summed E-state index contributed by atoms with van der Waals surface area (Å²) >= 11 is 0. The fourth-order valence-electron chi connectivity index (χ4n) is 5.41. The van der Waals surface area contributed by atoms with E-state index in [-0.39, 0.29) is 0 Å². The van der Waals surface area contributed by atoms with Crippen LogP contribution in [0.3, 0.4) is 0 Å². The zero-order chi connectivity index (χ0) is 27.3. The number of fused-ring (bicyclic) bond motifs is 6. The molecule has 0 bridgehead atoms. The summed E-state index contributed by atoms with van der Waals surface area (Å²) in [5.41, 5.74) is 1.98. The monoisotopic (exact) mass is 524 g/mol. The lowest BCUT2D eigenvalue weighted by atomic mass is 9.75. The second-order valence-electron chi connectivity index (χ2n) is 9.61. The van der Waals surface area contributed by atoms with Gasteiger partial charge in [0, 0.05) is 5.56 Å². The Kier molecular flexibility index (Phi) is 5.35. The maximum Gasteiger partial charge on any atom is 0.343 e. The molecule has 6 nitrogen and oxygen atoms in total. The predicted molar refractivity (Wildman–Crippen MR) is 149 cm³/mol. The van der Waals surface area contributed by atoms with Gasteiger partial charge in [-0.25, -0.2) is 14.4 Å². The van der Waals surface area contributed by atoms with Gasteiger partial charge < -0.3 is 14.2 Å². The fraction of sp³-hybridized carbons (Fsp3) is 0.0294. The van der Waals surface area contributed by atoms with Gasteiger partial charge in [-0.05, 0) is 76.5 Å². The summed E-state index contributed by atoms with van der Waals surface area (Å²) in [5.74, 6) is -0.0659. The van der Waals surface area contributed by atoms with Crippen LogP contribution in [-0.4, -0.2) is 17.9 Å². The molecule has 0 saturated carbocycles. The second kappa shape index (κ2) is 9.06. The minimum atomic E-state index is -1.14. The Morgan fingerprint density at radius 1 is 0.675 bits per heavy atom. The first-order valence-corrected chi connectivity index (χ1v) is 12.7. The molecule has 1 aliphatic carbocycles. The summed E-state index contributed by atoms with van der Waals surface area (Å²) in [6.07, 6.45) is 3.68. The van der Waals surface area contributed by atoms with Crippen molar-refractivity contribution in [2.24, 2.45) is 0 Å². The van der Waals surface area contributed by atoms with E-state index in [4.69, 9.17) is 14.2 Å². The van der Waals surface area contributed by atoms with Crippen LogP contribution in [0.2, 0.25) is 0 Å². The summed E-state index contributed by atoms with van der Waals surface area (Å²) in [4.78, 5) is 38.6. The molecule has 0 saturated heterocycles. The SMILES string of the molecule is O=C(Oc1ccc2c(c1)C=CC21C(=O)Oc2ccc3cc(OC(=O)c4ccccc4)ccc3c21)c1ccccc1. The van der Waals surface area contributed by atoms with Gasteiger partial charge >= 0.3 is 17.9 Å². The van der Waals surface area contributed by atoms with Gasteiger partial charge in [-0.15, -0.1) is 0 Å². The molecule has 5 aromatic rings. The smallest absolute Gasteiger partial charge is 0.343 e. The quantitative estimate of drug-likeness (QED) is 0.197. The van der Waals surface area contributed by atoms with Crippen molar-refractivity contribution in [1.29, 1.82) is 0 Å². The molecule has 1 heterocycles. The van der Waals surface area contributed by atoms with Crippen LogP contribution in [0.1, 0.15) is 37.4 Å². The maximum absolute atomic E-state index is 13.5. The molecule has 1 atom stereocenters. The van der Waals surface area contributed by atoms with E-state index in [0.717, 1.165) is 27.5 Å². The minimum Gasteiger partial charge on any atom is -0.425 e. The van der Waals surface area contributed by atoms with Gasteiger partial charge in [-0.2, -0.15) is 0 Å². The van der Waals surface area contributed by atoms with Crippen molar-refractivity contribution in [3.63, 3.8) is 0 Å². The molecular formula is C34H20O6. The molecule has 192 valence electrons. The van der Waals surface area contributed by atoms with E-state index in [1.807, 2.05) is 36.4 Å². The van der Waals surface area contributed by atoms with Crippen LogP contribution in [0, 0.1) is 0 Å². The molecular weight excluding hydrogens is 504 g/mol. The van der Waals surface area contributed by atoms with Crippen molar-refractivity contribution in [3.05, 3.63) is 143 Å². The lowest BCUT2D eigenvalue weighted by Gasteiger charge is -2.22. The average molecular weight is 525 g/mol. The highest BCUT2D eigenvalue weighted by Crippen LogP contribution is 2.53. The number of rotatable bonds is 4. The molecule has 0 aromatic heterocycles.